The van der Waals surface area contributed by atoms with Crippen molar-refractivity contribution < 1.29 is 18.3 Å². The predicted octanol–water partition coefficient (Wildman–Crippen LogP) is 3.94. The summed E-state index contributed by atoms with van der Waals surface area (Å²) >= 11 is 0. The van der Waals surface area contributed by atoms with E-state index in [-0.39, 0.29) is 11.4 Å². The zero-order chi connectivity index (χ0) is 20.1. The third-order valence-electron chi connectivity index (χ3n) is 3.88. The fourth-order valence-electron chi connectivity index (χ4n) is 2.48. The van der Waals surface area contributed by atoms with Crippen LogP contribution < -0.4 is 15.4 Å². The van der Waals surface area contributed by atoms with E-state index in [1.54, 1.807) is 14.0 Å². The van der Waals surface area contributed by atoms with Gasteiger partial charge < -0.3 is 15.4 Å². The molecule has 0 aliphatic heterocycles. The van der Waals surface area contributed by atoms with Gasteiger partial charge in [0.15, 0.2) is 11.6 Å². The molecule has 0 spiro atoms. The molecule has 0 unspecified atom stereocenters. The van der Waals surface area contributed by atoms with E-state index < -0.39 is 17.5 Å². The predicted molar refractivity (Wildman–Crippen MR) is 101 cm³/mol. The van der Waals surface area contributed by atoms with Crippen LogP contribution in [0.5, 0.6) is 5.75 Å². The topological polar surface area (TPSA) is 76.1 Å². The molecule has 28 heavy (non-hydrogen) atoms. The van der Waals surface area contributed by atoms with Crippen LogP contribution in [0.2, 0.25) is 0 Å². The highest BCUT2D eigenvalue weighted by molar-refractivity contribution is 6.03. The van der Waals surface area contributed by atoms with Crippen molar-refractivity contribution >= 4 is 17.4 Å². The SMILES string of the molecule is COc1ccc(CNc2cc(C(=O)Nc3ccc(F)c(F)c3)nc(C)n2)cc1. The number of carbonyl (C=O) groups is 1. The van der Waals surface area contributed by atoms with Crippen LogP contribution in [-0.4, -0.2) is 23.0 Å². The summed E-state index contributed by atoms with van der Waals surface area (Å²) in [5, 5.41) is 5.62. The van der Waals surface area contributed by atoms with Crippen LogP contribution in [0, 0.1) is 18.6 Å². The van der Waals surface area contributed by atoms with Crippen molar-refractivity contribution in [2.75, 3.05) is 17.7 Å². The van der Waals surface area contributed by atoms with Gasteiger partial charge in [-0.3, -0.25) is 4.79 Å². The van der Waals surface area contributed by atoms with Crippen molar-refractivity contribution in [1.82, 2.24) is 9.97 Å². The molecule has 1 aromatic heterocycles. The fraction of sp³-hybridized carbons (Fsp3) is 0.150. The molecule has 0 saturated carbocycles. The van der Waals surface area contributed by atoms with Crippen LogP contribution in [0.25, 0.3) is 0 Å². The van der Waals surface area contributed by atoms with Crippen molar-refractivity contribution in [2.45, 2.75) is 13.5 Å². The minimum atomic E-state index is -1.04. The lowest BCUT2D eigenvalue weighted by molar-refractivity contribution is 0.102. The molecule has 0 saturated heterocycles. The molecule has 0 fully saturated rings. The summed E-state index contributed by atoms with van der Waals surface area (Å²) in [6.45, 7) is 2.15. The van der Waals surface area contributed by atoms with E-state index in [2.05, 4.69) is 20.6 Å². The van der Waals surface area contributed by atoms with Gasteiger partial charge in [0.05, 0.1) is 7.11 Å². The molecular weight excluding hydrogens is 366 g/mol. The van der Waals surface area contributed by atoms with Crippen molar-refractivity contribution in [3.8, 4) is 5.75 Å². The number of ether oxygens (including phenoxy) is 1. The first-order chi connectivity index (χ1) is 13.4. The number of halogens is 2. The molecule has 0 bridgehead atoms. The monoisotopic (exact) mass is 384 g/mol. The highest BCUT2D eigenvalue weighted by Gasteiger charge is 2.12. The molecule has 1 amide bonds. The quantitative estimate of drug-likeness (QED) is 0.673. The van der Waals surface area contributed by atoms with Crippen LogP contribution in [0.3, 0.4) is 0 Å². The van der Waals surface area contributed by atoms with E-state index in [0.29, 0.717) is 18.2 Å². The van der Waals surface area contributed by atoms with Gasteiger partial charge >= 0.3 is 0 Å². The molecule has 0 atom stereocenters. The first-order valence-electron chi connectivity index (χ1n) is 8.43. The Morgan fingerprint density at radius 1 is 1.04 bits per heavy atom. The molecule has 144 valence electrons. The van der Waals surface area contributed by atoms with E-state index in [4.69, 9.17) is 4.74 Å². The van der Waals surface area contributed by atoms with Gasteiger partial charge in [-0.1, -0.05) is 12.1 Å². The number of aromatic nitrogens is 2. The lowest BCUT2D eigenvalue weighted by Crippen LogP contribution is -2.16. The number of hydrogen-bond donors (Lipinski definition) is 2. The number of rotatable bonds is 6. The summed E-state index contributed by atoms with van der Waals surface area (Å²) < 4.78 is 31.4. The zero-order valence-electron chi connectivity index (χ0n) is 15.3. The number of carbonyl (C=O) groups excluding carboxylic acids is 1. The van der Waals surface area contributed by atoms with Crippen molar-refractivity contribution in [3.05, 3.63) is 77.2 Å². The number of hydrogen-bond acceptors (Lipinski definition) is 5. The molecule has 8 heteroatoms. The maximum Gasteiger partial charge on any atom is 0.274 e. The van der Waals surface area contributed by atoms with Crippen LogP contribution in [-0.2, 0) is 6.54 Å². The Morgan fingerprint density at radius 3 is 2.46 bits per heavy atom. The summed E-state index contributed by atoms with van der Waals surface area (Å²) in [7, 11) is 1.60. The Morgan fingerprint density at radius 2 is 1.79 bits per heavy atom. The van der Waals surface area contributed by atoms with Gasteiger partial charge in [-0.15, -0.1) is 0 Å². The summed E-state index contributed by atoms with van der Waals surface area (Å²) in [6.07, 6.45) is 0. The number of nitrogens with one attached hydrogen (secondary N) is 2. The standard InChI is InChI=1S/C20H18F2N4O2/c1-12-24-18(20(27)26-14-5-8-16(21)17(22)9-14)10-19(25-12)23-11-13-3-6-15(28-2)7-4-13/h3-10H,11H2,1-2H3,(H,26,27)(H,23,24,25). The van der Waals surface area contributed by atoms with E-state index in [0.717, 1.165) is 23.4 Å². The smallest absolute Gasteiger partial charge is 0.274 e. The Bertz CT molecular complexity index is 994. The highest BCUT2D eigenvalue weighted by atomic mass is 19.2. The Labute approximate surface area is 160 Å². The molecule has 3 rings (SSSR count). The molecule has 1 heterocycles. The summed E-state index contributed by atoms with van der Waals surface area (Å²) in [4.78, 5) is 20.8. The van der Waals surface area contributed by atoms with Gasteiger partial charge in [-0.05, 0) is 36.8 Å². The summed E-state index contributed by atoms with van der Waals surface area (Å²) in [5.74, 6) is -0.949. The minimum Gasteiger partial charge on any atom is -0.497 e. The average molecular weight is 384 g/mol. The van der Waals surface area contributed by atoms with Gasteiger partial charge in [-0.2, -0.15) is 0 Å². The van der Waals surface area contributed by atoms with Gasteiger partial charge in [0.1, 0.15) is 23.1 Å². The fourth-order valence-corrected chi connectivity index (χ4v) is 2.48. The first-order valence-corrected chi connectivity index (χ1v) is 8.43. The molecule has 2 N–H and O–H groups in total. The average Bonchev–Trinajstić information content (AvgIpc) is 2.69. The van der Waals surface area contributed by atoms with E-state index in [1.165, 1.54) is 12.1 Å². The second-order valence-electron chi connectivity index (χ2n) is 5.97. The molecule has 6 nitrogen and oxygen atoms in total. The number of aryl methyl sites for hydroxylation is 1. The molecular formula is C20H18F2N4O2. The Balaban J connectivity index is 1.70. The number of benzene rings is 2. The summed E-state index contributed by atoms with van der Waals surface area (Å²) in [6, 6.07) is 12.1. The van der Waals surface area contributed by atoms with Crippen molar-refractivity contribution in [1.29, 1.82) is 0 Å². The third-order valence-corrected chi connectivity index (χ3v) is 3.88. The van der Waals surface area contributed by atoms with Crippen LogP contribution >= 0.6 is 0 Å². The number of methoxy groups -OCH3 is 1. The molecule has 0 radical (unpaired) electrons. The minimum absolute atomic E-state index is 0.106. The van der Waals surface area contributed by atoms with E-state index in [9.17, 15) is 13.6 Å². The highest BCUT2D eigenvalue weighted by Crippen LogP contribution is 2.16. The molecule has 2 aromatic carbocycles. The maximum atomic E-state index is 13.3. The van der Waals surface area contributed by atoms with Gasteiger partial charge in [0.2, 0.25) is 0 Å². The van der Waals surface area contributed by atoms with Gasteiger partial charge in [-0.25, -0.2) is 18.7 Å². The van der Waals surface area contributed by atoms with Crippen LogP contribution in [0.1, 0.15) is 21.9 Å². The van der Waals surface area contributed by atoms with Crippen molar-refractivity contribution in [2.24, 2.45) is 0 Å². The van der Waals surface area contributed by atoms with Crippen LogP contribution in [0.15, 0.2) is 48.5 Å². The van der Waals surface area contributed by atoms with Crippen molar-refractivity contribution in [3.63, 3.8) is 0 Å². The number of nitrogens with zero attached hydrogens (tertiary/aromatic N) is 2. The lowest BCUT2D eigenvalue weighted by Gasteiger charge is -2.10. The lowest BCUT2D eigenvalue weighted by atomic mass is 10.2. The zero-order valence-corrected chi connectivity index (χ0v) is 15.3. The normalized spacial score (nSPS) is 10.4. The first kappa shape index (κ1) is 19.2. The molecule has 3 aromatic rings. The number of amides is 1. The van der Waals surface area contributed by atoms with Crippen LogP contribution in [0.4, 0.5) is 20.3 Å². The molecule has 0 aliphatic rings. The van der Waals surface area contributed by atoms with Gasteiger partial charge in [0.25, 0.3) is 5.91 Å². The third kappa shape index (κ3) is 4.79. The van der Waals surface area contributed by atoms with E-state index >= 15 is 0 Å². The molecule has 0 aliphatic carbocycles. The maximum absolute atomic E-state index is 13.3. The number of anilines is 2. The van der Waals surface area contributed by atoms with E-state index in [1.807, 2.05) is 24.3 Å². The Kier molecular flexibility index (Phi) is 5.78. The van der Waals surface area contributed by atoms with Gasteiger partial charge in [0, 0.05) is 24.4 Å². The Hall–Kier alpha value is -3.55. The second kappa shape index (κ2) is 8.43. The summed E-state index contributed by atoms with van der Waals surface area (Å²) in [5.41, 5.74) is 1.24. The largest absolute Gasteiger partial charge is 0.497 e. The second-order valence-corrected chi connectivity index (χ2v) is 5.97.